The lowest BCUT2D eigenvalue weighted by molar-refractivity contribution is 0.00851. The largest absolute Gasteiger partial charge is 0.478 e. The van der Waals surface area contributed by atoms with Crippen LogP contribution >= 0.6 is 0 Å². The van der Waals surface area contributed by atoms with E-state index < -0.39 is 5.97 Å². The molecule has 1 aromatic heterocycles. The zero-order chi connectivity index (χ0) is 12.3. The second kappa shape index (κ2) is 5.29. The summed E-state index contributed by atoms with van der Waals surface area (Å²) in [5.41, 5.74) is 0.773. The van der Waals surface area contributed by atoms with Crippen molar-refractivity contribution in [1.29, 1.82) is 0 Å². The highest BCUT2D eigenvalue weighted by atomic mass is 16.5. The summed E-state index contributed by atoms with van der Waals surface area (Å²) >= 11 is 0. The lowest BCUT2D eigenvalue weighted by atomic mass is 10.2. The monoisotopic (exact) mass is 240 g/mol. The van der Waals surface area contributed by atoms with Crippen LogP contribution in [-0.2, 0) is 23.1 Å². The maximum absolute atomic E-state index is 10.9. The Bertz CT molecular complexity index is 396. The van der Waals surface area contributed by atoms with Crippen molar-refractivity contribution < 1.29 is 19.4 Å². The van der Waals surface area contributed by atoms with Gasteiger partial charge in [-0.3, -0.25) is 4.68 Å². The quantitative estimate of drug-likeness (QED) is 0.824. The molecule has 2 heterocycles. The fourth-order valence-corrected chi connectivity index (χ4v) is 1.88. The fourth-order valence-electron chi connectivity index (χ4n) is 1.88. The van der Waals surface area contributed by atoms with Crippen LogP contribution in [0.1, 0.15) is 28.9 Å². The molecule has 1 aliphatic rings. The Morgan fingerprint density at radius 3 is 3.24 bits per heavy atom. The van der Waals surface area contributed by atoms with Crippen molar-refractivity contribution in [1.82, 2.24) is 9.78 Å². The van der Waals surface area contributed by atoms with Gasteiger partial charge in [-0.15, -0.1) is 0 Å². The van der Waals surface area contributed by atoms with Crippen molar-refractivity contribution >= 4 is 5.97 Å². The molecule has 1 saturated heterocycles. The number of hydrogen-bond donors (Lipinski definition) is 1. The SMILES string of the molecule is Cn1ncc(C(=O)O)c1COCC1CCCO1. The molecule has 1 unspecified atom stereocenters. The van der Waals surface area contributed by atoms with E-state index in [0.717, 1.165) is 19.4 Å². The van der Waals surface area contributed by atoms with Gasteiger partial charge in [0.25, 0.3) is 0 Å². The highest BCUT2D eigenvalue weighted by Gasteiger charge is 2.18. The first kappa shape index (κ1) is 12.1. The molecule has 17 heavy (non-hydrogen) atoms. The third-order valence-corrected chi connectivity index (χ3v) is 2.86. The summed E-state index contributed by atoms with van der Waals surface area (Å²) < 4.78 is 12.4. The van der Waals surface area contributed by atoms with Crippen molar-refractivity contribution in [3.8, 4) is 0 Å². The molecule has 0 radical (unpaired) electrons. The van der Waals surface area contributed by atoms with Gasteiger partial charge in [-0.05, 0) is 12.8 Å². The van der Waals surface area contributed by atoms with E-state index in [-0.39, 0.29) is 18.3 Å². The summed E-state index contributed by atoms with van der Waals surface area (Å²) in [7, 11) is 1.71. The maximum Gasteiger partial charge on any atom is 0.339 e. The van der Waals surface area contributed by atoms with Crippen LogP contribution in [-0.4, -0.2) is 40.2 Å². The lowest BCUT2D eigenvalue weighted by Gasteiger charge is -2.10. The molecule has 0 amide bonds. The Balaban J connectivity index is 1.89. The van der Waals surface area contributed by atoms with E-state index >= 15 is 0 Å². The molecule has 1 atom stereocenters. The van der Waals surface area contributed by atoms with Gasteiger partial charge in [0, 0.05) is 13.7 Å². The van der Waals surface area contributed by atoms with Crippen molar-refractivity contribution in [2.24, 2.45) is 7.05 Å². The smallest absolute Gasteiger partial charge is 0.339 e. The highest BCUT2D eigenvalue weighted by molar-refractivity contribution is 5.88. The third kappa shape index (κ3) is 2.83. The number of nitrogens with zero attached hydrogens (tertiary/aromatic N) is 2. The minimum Gasteiger partial charge on any atom is -0.478 e. The number of aromatic carboxylic acids is 1. The number of carboxylic acids is 1. The fraction of sp³-hybridized carbons (Fsp3) is 0.636. The van der Waals surface area contributed by atoms with E-state index in [0.29, 0.717) is 12.3 Å². The van der Waals surface area contributed by atoms with Crippen LogP contribution in [0, 0.1) is 0 Å². The summed E-state index contributed by atoms with van der Waals surface area (Å²) in [5, 5.41) is 12.9. The van der Waals surface area contributed by atoms with Gasteiger partial charge >= 0.3 is 5.97 Å². The average molecular weight is 240 g/mol. The summed E-state index contributed by atoms with van der Waals surface area (Å²) in [6.45, 7) is 1.54. The van der Waals surface area contributed by atoms with Crippen molar-refractivity contribution in [2.45, 2.75) is 25.6 Å². The topological polar surface area (TPSA) is 73.6 Å². The molecule has 1 N–H and O–H groups in total. The number of carboxylic acid groups (broad SMARTS) is 1. The predicted molar refractivity (Wildman–Crippen MR) is 58.8 cm³/mol. The van der Waals surface area contributed by atoms with Crippen LogP contribution < -0.4 is 0 Å². The number of rotatable bonds is 5. The number of hydrogen-bond acceptors (Lipinski definition) is 4. The van der Waals surface area contributed by atoms with Gasteiger partial charge in [0.2, 0.25) is 0 Å². The van der Waals surface area contributed by atoms with Crippen LogP contribution in [0.3, 0.4) is 0 Å². The minimum atomic E-state index is -0.978. The Labute approximate surface area is 99.1 Å². The standard InChI is InChI=1S/C11H16N2O4/c1-13-10(9(5-12-13)11(14)15)7-16-6-8-3-2-4-17-8/h5,8H,2-4,6-7H2,1H3,(H,14,15). The van der Waals surface area contributed by atoms with Gasteiger partial charge in [0.1, 0.15) is 5.56 Å². The van der Waals surface area contributed by atoms with Gasteiger partial charge < -0.3 is 14.6 Å². The lowest BCUT2D eigenvalue weighted by Crippen LogP contribution is -2.15. The molecule has 0 aliphatic carbocycles. The van der Waals surface area contributed by atoms with E-state index in [4.69, 9.17) is 14.6 Å². The average Bonchev–Trinajstić information content (AvgIpc) is 2.89. The first-order chi connectivity index (χ1) is 8.18. The van der Waals surface area contributed by atoms with Crippen LogP contribution in [0.15, 0.2) is 6.20 Å². The zero-order valence-corrected chi connectivity index (χ0v) is 9.76. The molecule has 1 aromatic rings. The Hall–Kier alpha value is -1.40. The summed E-state index contributed by atoms with van der Waals surface area (Å²) in [6.07, 6.45) is 3.57. The van der Waals surface area contributed by atoms with Gasteiger partial charge in [-0.2, -0.15) is 5.10 Å². The third-order valence-electron chi connectivity index (χ3n) is 2.86. The first-order valence-corrected chi connectivity index (χ1v) is 5.62. The van der Waals surface area contributed by atoms with Crippen LogP contribution in [0.2, 0.25) is 0 Å². The second-order valence-corrected chi connectivity index (χ2v) is 4.08. The van der Waals surface area contributed by atoms with Crippen LogP contribution in [0.4, 0.5) is 0 Å². The molecule has 0 aromatic carbocycles. The molecule has 1 fully saturated rings. The van der Waals surface area contributed by atoms with E-state index in [9.17, 15) is 4.79 Å². The van der Waals surface area contributed by atoms with E-state index in [2.05, 4.69) is 5.10 Å². The normalized spacial score (nSPS) is 19.7. The van der Waals surface area contributed by atoms with Crippen molar-refractivity contribution in [2.75, 3.05) is 13.2 Å². The molecule has 6 nitrogen and oxygen atoms in total. The van der Waals surface area contributed by atoms with Crippen molar-refractivity contribution in [3.05, 3.63) is 17.5 Å². The molecule has 1 aliphatic heterocycles. The van der Waals surface area contributed by atoms with Gasteiger partial charge in [0.15, 0.2) is 0 Å². The summed E-state index contributed by atoms with van der Waals surface area (Å²) in [6, 6.07) is 0. The molecule has 0 saturated carbocycles. The minimum absolute atomic E-state index is 0.150. The van der Waals surface area contributed by atoms with Crippen LogP contribution in [0.25, 0.3) is 0 Å². The van der Waals surface area contributed by atoms with Gasteiger partial charge in [-0.1, -0.05) is 0 Å². The van der Waals surface area contributed by atoms with Gasteiger partial charge in [0.05, 0.1) is 31.2 Å². The molecule has 94 valence electrons. The van der Waals surface area contributed by atoms with E-state index in [1.807, 2.05) is 0 Å². The summed E-state index contributed by atoms with van der Waals surface area (Å²) in [4.78, 5) is 10.9. The Morgan fingerprint density at radius 1 is 1.76 bits per heavy atom. The van der Waals surface area contributed by atoms with Gasteiger partial charge in [-0.25, -0.2) is 4.79 Å². The zero-order valence-electron chi connectivity index (χ0n) is 9.76. The van der Waals surface area contributed by atoms with E-state index in [1.54, 1.807) is 7.05 Å². The summed E-state index contributed by atoms with van der Waals surface area (Å²) in [5.74, 6) is -0.978. The predicted octanol–water partition coefficient (Wildman–Crippen LogP) is 0.814. The Kier molecular flexibility index (Phi) is 3.75. The molecule has 0 spiro atoms. The molecule has 2 rings (SSSR count). The second-order valence-electron chi connectivity index (χ2n) is 4.08. The number of aromatic nitrogens is 2. The Morgan fingerprint density at radius 2 is 2.59 bits per heavy atom. The number of ether oxygens (including phenoxy) is 2. The molecular weight excluding hydrogens is 224 g/mol. The van der Waals surface area contributed by atoms with Crippen LogP contribution in [0.5, 0.6) is 0 Å². The molecular formula is C11H16N2O4. The molecule has 0 bridgehead atoms. The highest BCUT2D eigenvalue weighted by Crippen LogP contribution is 2.14. The maximum atomic E-state index is 10.9. The number of carbonyl (C=O) groups is 1. The van der Waals surface area contributed by atoms with Crippen molar-refractivity contribution in [3.63, 3.8) is 0 Å². The molecule has 6 heteroatoms. The first-order valence-electron chi connectivity index (χ1n) is 5.62. The number of aryl methyl sites for hydroxylation is 1. The van der Waals surface area contributed by atoms with E-state index in [1.165, 1.54) is 10.9 Å².